The molecule has 3 amide bonds. The van der Waals surface area contributed by atoms with Gasteiger partial charge in [0.2, 0.25) is 5.91 Å². The first kappa shape index (κ1) is 14.6. The van der Waals surface area contributed by atoms with Crippen LogP contribution in [-0.2, 0) is 14.4 Å². The van der Waals surface area contributed by atoms with Crippen LogP contribution in [0.15, 0.2) is 18.2 Å². The van der Waals surface area contributed by atoms with E-state index < -0.39 is 17.7 Å². The standard InChI is InChI=1S/C12H11Cl2N3O3/c13-6-1-3-8(14)9(5-6)15-10(18)4-2-7-11(19)16-17-12(7)20/h1,3,5,7H,2,4H2,(H,15,18)(H,16,19)(H,17,20). The van der Waals surface area contributed by atoms with Gasteiger partial charge in [0.25, 0.3) is 11.8 Å². The van der Waals surface area contributed by atoms with E-state index >= 15 is 0 Å². The first-order chi connectivity index (χ1) is 9.47. The minimum Gasteiger partial charge on any atom is -0.325 e. The van der Waals surface area contributed by atoms with Crippen molar-refractivity contribution in [2.45, 2.75) is 12.8 Å². The SMILES string of the molecule is O=C(CCC1C(=O)NNC1=O)Nc1cc(Cl)ccc1Cl. The molecule has 1 fully saturated rings. The maximum atomic E-state index is 11.8. The van der Waals surface area contributed by atoms with E-state index in [0.29, 0.717) is 15.7 Å². The summed E-state index contributed by atoms with van der Waals surface area (Å²) >= 11 is 11.7. The third kappa shape index (κ3) is 3.40. The first-order valence-electron chi connectivity index (χ1n) is 5.82. The third-order valence-electron chi connectivity index (χ3n) is 2.80. The van der Waals surface area contributed by atoms with Crippen LogP contribution in [0.3, 0.4) is 0 Å². The molecule has 6 nitrogen and oxygen atoms in total. The summed E-state index contributed by atoms with van der Waals surface area (Å²) in [5.74, 6) is -2.04. The van der Waals surface area contributed by atoms with Crippen molar-refractivity contribution in [3.63, 3.8) is 0 Å². The van der Waals surface area contributed by atoms with E-state index in [2.05, 4.69) is 16.2 Å². The van der Waals surface area contributed by atoms with Crippen molar-refractivity contribution in [2.24, 2.45) is 5.92 Å². The van der Waals surface area contributed by atoms with E-state index in [0.717, 1.165) is 0 Å². The van der Waals surface area contributed by atoms with Gasteiger partial charge in [0.1, 0.15) is 5.92 Å². The second kappa shape index (κ2) is 6.11. The second-order valence-electron chi connectivity index (χ2n) is 4.24. The molecule has 2 rings (SSSR count). The fraction of sp³-hybridized carbons (Fsp3) is 0.250. The summed E-state index contributed by atoms with van der Waals surface area (Å²) in [6.45, 7) is 0. The maximum Gasteiger partial charge on any atom is 0.251 e. The molecule has 0 spiro atoms. The van der Waals surface area contributed by atoms with E-state index in [1.807, 2.05) is 0 Å². The Kier molecular flexibility index (Phi) is 4.46. The van der Waals surface area contributed by atoms with Crippen LogP contribution in [-0.4, -0.2) is 17.7 Å². The first-order valence-corrected chi connectivity index (χ1v) is 6.57. The average Bonchev–Trinajstić information content (AvgIpc) is 2.71. The topological polar surface area (TPSA) is 87.3 Å². The number of amides is 3. The molecule has 20 heavy (non-hydrogen) atoms. The van der Waals surface area contributed by atoms with Crippen molar-refractivity contribution in [3.05, 3.63) is 28.2 Å². The van der Waals surface area contributed by atoms with Gasteiger partial charge in [-0.1, -0.05) is 23.2 Å². The highest BCUT2D eigenvalue weighted by Crippen LogP contribution is 2.25. The van der Waals surface area contributed by atoms with Crippen LogP contribution in [0.25, 0.3) is 0 Å². The number of hydrogen-bond acceptors (Lipinski definition) is 3. The molecule has 0 saturated carbocycles. The minimum atomic E-state index is -0.837. The van der Waals surface area contributed by atoms with Gasteiger partial charge in [-0.2, -0.15) is 0 Å². The molecule has 1 heterocycles. The predicted octanol–water partition coefficient (Wildman–Crippen LogP) is 1.49. The number of halogens is 2. The van der Waals surface area contributed by atoms with Crippen molar-refractivity contribution < 1.29 is 14.4 Å². The molecule has 0 radical (unpaired) electrons. The summed E-state index contributed by atoms with van der Waals surface area (Å²) in [5, 5.41) is 3.39. The van der Waals surface area contributed by atoms with Gasteiger partial charge in [0.15, 0.2) is 0 Å². The van der Waals surface area contributed by atoms with Gasteiger partial charge < -0.3 is 5.32 Å². The van der Waals surface area contributed by atoms with Gasteiger partial charge in [-0.25, -0.2) is 0 Å². The molecule has 1 aliphatic heterocycles. The van der Waals surface area contributed by atoms with Crippen LogP contribution in [0.4, 0.5) is 5.69 Å². The van der Waals surface area contributed by atoms with Crippen molar-refractivity contribution in [1.82, 2.24) is 10.9 Å². The minimum absolute atomic E-state index is 0.0222. The normalized spacial score (nSPS) is 14.9. The molecule has 0 aromatic heterocycles. The summed E-state index contributed by atoms with van der Waals surface area (Å²) in [5.41, 5.74) is 4.79. The van der Waals surface area contributed by atoms with Crippen LogP contribution >= 0.6 is 23.2 Å². The Bertz CT molecular complexity index is 561. The molecule has 0 unspecified atom stereocenters. The molecular formula is C12H11Cl2N3O3. The smallest absolute Gasteiger partial charge is 0.251 e. The number of carbonyl (C=O) groups excluding carboxylic acids is 3. The molecule has 8 heteroatoms. The van der Waals surface area contributed by atoms with E-state index in [9.17, 15) is 14.4 Å². The molecule has 1 aliphatic rings. The summed E-state index contributed by atoms with van der Waals surface area (Å²) < 4.78 is 0. The summed E-state index contributed by atoms with van der Waals surface area (Å²) in [6.07, 6.45) is 0.149. The van der Waals surface area contributed by atoms with Crippen molar-refractivity contribution in [3.8, 4) is 0 Å². The average molecular weight is 316 g/mol. The van der Waals surface area contributed by atoms with Crippen LogP contribution < -0.4 is 16.2 Å². The Morgan fingerprint density at radius 3 is 2.50 bits per heavy atom. The number of anilines is 1. The van der Waals surface area contributed by atoms with Crippen molar-refractivity contribution in [1.29, 1.82) is 0 Å². The van der Waals surface area contributed by atoms with Crippen LogP contribution in [0.2, 0.25) is 10.0 Å². The number of benzene rings is 1. The summed E-state index contributed by atoms with van der Waals surface area (Å²) in [7, 11) is 0. The fourth-order valence-electron chi connectivity index (χ4n) is 1.76. The van der Waals surface area contributed by atoms with E-state index in [1.165, 1.54) is 6.07 Å². The van der Waals surface area contributed by atoms with Gasteiger partial charge >= 0.3 is 0 Å². The molecule has 1 aromatic rings. The van der Waals surface area contributed by atoms with Gasteiger partial charge in [-0.15, -0.1) is 0 Å². The van der Waals surface area contributed by atoms with E-state index in [1.54, 1.807) is 12.1 Å². The highest BCUT2D eigenvalue weighted by molar-refractivity contribution is 6.35. The summed E-state index contributed by atoms with van der Waals surface area (Å²) in [6, 6.07) is 4.70. The monoisotopic (exact) mass is 315 g/mol. The molecular weight excluding hydrogens is 305 g/mol. The van der Waals surface area contributed by atoms with Crippen LogP contribution in [0.1, 0.15) is 12.8 Å². The maximum absolute atomic E-state index is 11.8. The molecule has 0 aliphatic carbocycles. The van der Waals surface area contributed by atoms with Crippen LogP contribution in [0, 0.1) is 5.92 Å². The number of hydrazine groups is 1. The Morgan fingerprint density at radius 1 is 1.20 bits per heavy atom. The number of hydrogen-bond donors (Lipinski definition) is 3. The summed E-state index contributed by atoms with van der Waals surface area (Å²) in [4.78, 5) is 34.3. The number of carbonyl (C=O) groups is 3. The van der Waals surface area contributed by atoms with Gasteiger partial charge in [0.05, 0.1) is 10.7 Å². The Morgan fingerprint density at radius 2 is 1.85 bits per heavy atom. The lowest BCUT2D eigenvalue weighted by atomic mass is 10.0. The molecule has 0 atom stereocenters. The van der Waals surface area contributed by atoms with Gasteiger partial charge in [-0.05, 0) is 24.6 Å². The lowest BCUT2D eigenvalue weighted by Gasteiger charge is -2.08. The molecule has 3 N–H and O–H groups in total. The fourth-order valence-corrected chi connectivity index (χ4v) is 2.10. The molecule has 0 bridgehead atoms. The zero-order chi connectivity index (χ0) is 14.7. The van der Waals surface area contributed by atoms with E-state index in [4.69, 9.17) is 23.2 Å². The lowest BCUT2D eigenvalue weighted by Crippen LogP contribution is -2.28. The zero-order valence-electron chi connectivity index (χ0n) is 10.2. The number of rotatable bonds is 4. The molecule has 1 saturated heterocycles. The highest BCUT2D eigenvalue weighted by atomic mass is 35.5. The highest BCUT2D eigenvalue weighted by Gasteiger charge is 2.32. The zero-order valence-corrected chi connectivity index (χ0v) is 11.7. The Labute approximate surface area is 124 Å². The van der Waals surface area contributed by atoms with E-state index in [-0.39, 0.29) is 18.7 Å². The van der Waals surface area contributed by atoms with Crippen molar-refractivity contribution >= 4 is 46.6 Å². The quantitative estimate of drug-likeness (QED) is 0.736. The number of nitrogens with one attached hydrogen (secondary N) is 3. The Hall–Kier alpha value is -1.79. The van der Waals surface area contributed by atoms with Gasteiger partial charge in [-0.3, -0.25) is 25.2 Å². The third-order valence-corrected chi connectivity index (χ3v) is 3.37. The van der Waals surface area contributed by atoms with Crippen LogP contribution in [0.5, 0.6) is 0 Å². The molecule has 1 aromatic carbocycles. The van der Waals surface area contributed by atoms with Crippen molar-refractivity contribution in [2.75, 3.05) is 5.32 Å². The Balaban J connectivity index is 1.91. The molecule has 106 valence electrons. The van der Waals surface area contributed by atoms with Gasteiger partial charge in [0, 0.05) is 11.4 Å². The second-order valence-corrected chi connectivity index (χ2v) is 5.09. The largest absolute Gasteiger partial charge is 0.325 e. The lowest BCUT2D eigenvalue weighted by molar-refractivity contribution is -0.128. The predicted molar refractivity (Wildman–Crippen MR) is 74.1 cm³/mol.